The van der Waals surface area contributed by atoms with Crippen molar-refractivity contribution in [1.29, 1.82) is 0 Å². The first-order chi connectivity index (χ1) is 15.1. The van der Waals surface area contributed by atoms with Gasteiger partial charge < -0.3 is 9.64 Å². The lowest BCUT2D eigenvalue weighted by Crippen LogP contribution is -2.30. The fourth-order valence-electron chi connectivity index (χ4n) is 4.82. The molecule has 2 heterocycles. The number of aryl methyl sites for hydroxylation is 2. The Morgan fingerprint density at radius 2 is 2.10 bits per heavy atom. The first kappa shape index (κ1) is 20.6. The van der Waals surface area contributed by atoms with Crippen LogP contribution in [0.2, 0.25) is 5.02 Å². The molecular weight excluding hydrogens is 408 g/mol. The van der Waals surface area contributed by atoms with Gasteiger partial charge in [-0.25, -0.2) is 4.98 Å². The van der Waals surface area contributed by atoms with E-state index in [9.17, 15) is 0 Å². The average Bonchev–Trinajstić information content (AvgIpc) is 3.36. The molecule has 0 aliphatic heterocycles. The second-order valence-electron chi connectivity index (χ2n) is 9.00. The summed E-state index contributed by atoms with van der Waals surface area (Å²) in [6, 6.07) is 5.85. The normalized spacial score (nSPS) is 15.5. The van der Waals surface area contributed by atoms with Crippen LogP contribution in [0.5, 0.6) is 5.75 Å². The van der Waals surface area contributed by atoms with E-state index in [1.54, 1.807) is 7.11 Å². The molecule has 0 atom stereocenters. The van der Waals surface area contributed by atoms with Crippen molar-refractivity contribution in [2.45, 2.75) is 58.8 Å². The standard InChI is InChI=1S/C25H31ClN4O/c1-4-5-13-29(15-17-9-10-17)25-20-7-6-8-22(20)27-24-23(16(2)28-30(24)25)19-12-11-18(31-3)14-21(19)26/h11-12,14,17H,4-10,13,15H2,1-3H3. The highest BCUT2D eigenvalue weighted by molar-refractivity contribution is 6.33. The minimum atomic E-state index is 0.669. The third-order valence-electron chi connectivity index (χ3n) is 6.64. The zero-order valence-corrected chi connectivity index (χ0v) is 19.5. The smallest absolute Gasteiger partial charge is 0.165 e. The van der Waals surface area contributed by atoms with Gasteiger partial charge in [0.1, 0.15) is 11.6 Å². The summed E-state index contributed by atoms with van der Waals surface area (Å²) in [5, 5.41) is 5.70. The van der Waals surface area contributed by atoms with E-state index in [1.165, 1.54) is 49.2 Å². The number of benzene rings is 1. The van der Waals surface area contributed by atoms with Gasteiger partial charge in [0.2, 0.25) is 0 Å². The predicted octanol–water partition coefficient (Wildman–Crippen LogP) is 5.87. The van der Waals surface area contributed by atoms with Crippen LogP contribution in [0.4, 0.5) is 5.82 Å². The van der Waals surface area contributed by atoms with Crippen molar-refractivity contribution in [3.63, 3.8) is 0 Å². The zero-order valence-electron chi connectivity index (χ0n) is 18.7. The minimum absolute atomic E-state index is 0.669. The van der Waals surface area contributed by atoms with E-state index in [2.05, 4.69) is 23.3 Å². The molecule has 5 nitrogen and oxygen atoms in total. The molecule has 0 N–H and O–H groups in total. The van der Waals surface area contributed by atoms with Gasteiger partial charge in [-0.1, -0.05) is 24.9 Å². The Balaban J connectivity index is 1.70. The molecule has 0 radical (unpaired) electrons. The molecule has 1 saturated carbocycles. The summed E-state index contributed by atoms with van der Waals surface area (Å²) < 4.78 is 7.47. The summed E-state index contributed by atoms with van der Waals surface area (Å²) in [4.78, 5) is 7.74. The molecule has 1 aromatic carbocycles. The SMILES string of the molecule is CCCCN(CC1CC1)c1c2c(nc3c(-c4ccc(OC)cc4Cl)c(C)nn13)CCC2. The van der Waals surface area contributed by atoms with Crippen molar-refractivity contribution in [3.05, 3.63) is 40.2 Å². The molecule has 2 aromatic heterocycles. The number of methoxy groups -OCH3 is 1. The topological polar surface area (TPSA) is 42.7 Å². The van der Waals surface area contributed by atoms with Gasteiger partial charge in [0, 0.05) is 29.9 Å². The molecule has 5 rings (SSSR count). The zero-order chi connectivity index (χ0) is 21.5. The molecule has 0 unspecified atom stereocenters. The van der Waals surface area contributed by atoms with Crippen molar-refractivity contribution in [1.82, 2.24) is 14.6 Å². The second-order valence-corrected chi connectivity index (χ2v) is 9.41. The molecular formula is C25H31ClN4O. The van der Waals surface area contributed by atoms with Crippen LogP contribution in [0.3, 0.4) is 0 Å². The lowest BCUT2D eigenvalue weighted by molar-refractivity contribution is 0.415. The lowest BCUT2D eigenvalue weighted by Gasteiger charge is -2.27. The van der Waals surface area contributed by atoms with Crippen molar-refractivity contribution < 1.29 is 4.74 Å². The predicted molar refractivity (Wildman–Crippen MR) is 127 cm³/mol. The number of fused-ring (bicyclic) bond motifs is 2. The Morgan fingerprint density at radius 3 is 2.81 bits per heavy atom. The first-order valence-corrected chi connectivity index (χ1v) is 12.0. The summed E-state index contributed by atoms with van der Waals surface area (Å²) in [6.45, 7) is 6.54. The number of ether oxygens (including phenoxy) is 1. The van der Waals surface area contributed by atoms with Gasteiger partial charge in [0.15, 0.2) is 5.65 Å². The van der Waals surface area contributed by atoms with Gasteiger partial charge in [0.05, 0.1) is 23.4 Å². The molecule has 6 heteroatoms. The summed E-state index contributed by atoms with van der Waals surface area (Å²) in [5.41, 5.74) is 6.53. The monoisotopic (exact) mass is 438 g/mol. The highest BCUT2D eigenvalue weighted by atomic mass is 35.5. The number of hydrogen-bond acceptors (Lipinski definition) is 4. The number of anilines is 1. The molecule has 1 fully saturated rings. The number of hydrogen-bond donors (Lipinski definition) is 0. The van der Waals surface area contributed by atoms with Crippen LogP contribution in [0.25, 0.3) is 16.8 Å². The minimum Gasteiger partial charge on any atom is -0.497 e. The Bertz CT molecular complexity index is 1120. The molecule has 2 aliphatic carbocycles. The van der Waals surface area contributed by atoms with E-state index < -0.39 is 0 Å². The Labute approximate surface area is 189 Å². The summed E-state index contributed by atoms with van der Waals surface area (Å²) >= 11 is 6.68. The van der Waals surface area contributed by atoms with Crippen LogP contribution >= 0.6 is 11.6 Å². The fraction of sp³-hybridized carbons (Fsp3) is 0.520. The van der Waals surface area contributed by atoms with E-state index in [4.69, 9.17) is 26.4 Å². The molecule has 0 spiro atoms. The van der Waals surface area contributed by atoms with Crippen molar-refractivity contribution >= 4 is 23.1 Å². The van der Waals surface area contributed by atoms with E-state index in [0.29, 0.717) is 5.02 Å². The van der Waals surface area contributed by atoms with Gasteiger partial charge >= 0.3 is 0 Å². The van der Waals surface area contributed by atoms with Gasteiger partial charge in [-0.15, -0.1) is 0 Å². The number of nitrogens with zero attached hydrogens (tertiary/aromatic N) is 4. The van der Waals surface area contributed by atoms with Gasteiger partial charge in [-0.05, 0) is 69.6 Å². The van der Waals surface area contributed by atoms with Crippen molar-refractivity contribution in [3.8, 4) is 16.9 Å². The van der Waals surface area contributed by atoms with E-state index in [1.807, 2.05) is 18.2 Å². The van der Waals surface area contributed by atoms with Crippen LogP contribution in [-0.2, 0) is 12.8 Å². The van der Waals surface area contributed by atoms with Crippen LogP contribution in [0.1, 0.15) is 56.0 Å². The average molecular weight is 439 g/mol. The maximum absolute atomic E-state index is 6.68. The van der Waals surface area contributed by atoms with Crippen LogP contribution < -0.4 is 9.64 Å². The van der Waals surface area contributed by atoms with E-state index in [0.717, 1.165) is 60.1 Å². The number of unbranched alkanes of at least 4 members (excludes halogenated alkanes) is 1. The summed E-state index contributed by atoms with van der Waals surface area (Å²) in [7, 11) is 1.66. The summed E-state index contributed by atoms with van der Waals surface area (Å²) in [6.07, 6.45) is 8.41. The Hall–Kier alpha value is -2.27. The van der Waals surface area contributed by atoms with Gasteiger partial charge in [0.25, 0.3) is 0 Å². The third-order valence-corrected chi connectivity index (χ3v) is 6.95. The highest BCUT2D eigenvalue weighted by Gasteiger charge is 2.31. The highest BCUT2D eigenvalue weighted by Crippen LogP contribution is 2.40. The largest absolute Gasteiger partial charge is 0.497 e. The molecule has 0 amide bonds. The van der Waals surface area contributed by atoms with Crippen LogP contribution in [0, 0.1) is 12.8 Å². The fourth-order valence-corrected chi connectivity index (χ4v) is 5.09. The van der Waals surface area contributed by atoms with E-state index in [-0.39, 0.29) is 0 Å². The second kappa shape index (κ2) is 8.34. The molecule has 0 saturated heterocycles. The Kier molecular flexibility index (Phi) is 5.55. The molecule has 3 aromatic rings. The summed E-state index contributed by atoms with van der Waals surface area (Å²) in [5.74, 6) is 2.86. The quantitative estimate of drug-likeness (QED) is 0.441. The number of aromatic nitrogens is 3. The lowest BCUT2D eigenvalue weighted by atomic mass is 10.1. The Morgan fingerprint density at radius 1 is 1.26 bits per heavy atom. The van der Waals surface area contributed by atoms with Gasteiger partial charge in [-0.3, -0.25) is 0 Å². The van der Waals surface area contributed by atoms with Crippen LogP contribution in [0.15, 0.2) is 18.2 Å². The van der Waals surface area contributed by atoms with Crippen LogP contribution in [-0.4, -0.2) is 34.8 Å². The van der Waals surface area contributed by atoms with Gasteiger partial charge in [-0.2, -0.15) is 9.61 Å². The molecule has 164 valence electrons. The first-order valence-electron chi connectivity index (χ1n) is 11.6. The maximum atomic E-state index is 6.68. The third kappa shape index (κ3) is 3.78. The molecule has 0 bridgehead atoms. The number of rotatable bonds is 8. The molecule has 2 aliphatic rings. The molecule has 31 heavy (non-hydrogen) atoms. The van der Waals surface area contributed by atoms with E-state index >= 15 is 0 Å². The van der Waals surface area contributed by atoms with Crippen molar-refractivity contribution in [2.75, 3.05) is 25.1 Å². The number of halogens is 1. The van der Waals surface area contributed by atoms with Crippen molar-refractivity contribution in [2.24, 2.45) is 5.92 Å². The maximum Gasteiger partial charge on any atom is 0.165 e.